The van der Waals surface area contributed by atoms with Crippen LogP contribution in [0.2, 0.25) is 0 Å². The van der Waals surface area contributed by atoms with Gasteiger partial charge in [0, 0.05) is 74.1 Å². The molecule has 44 heteroatoms. The van der Waals surface area contributed by atoms with Crippen molar-refractivity contribution in [3.63, 3.8) is 0 Å². The molecule has 600 valence electrons. The molecule has 14 unspecified atom stereocenters. The van der Waals surface area contributed by atoms with E-state index < -0.39 is 157 Å². The van der Waals surface area contributed by atoms with E-state index in [0.29, 0.717) is 51.4 Å². The van der Waals surface area contributed by atoms with Gasteiger partial charge in [-0.25, -0.2) is 9.13 Å². The van der Waals surface area contributed by atoms with Gasteiger partial charge in [-0.05, 0) is 115 Å². The smallest absolute Gasteiger partial charge is 0.394 e. The van der Waals surface area contributed by atoms with E-state index in [0.717, 1.165) is 7.11 Å². The molecule has 1 aliphatic rings. The summed E-state index contributed by atoms with van der Waals surface area (Å²) in [5.74, 6) is -1.40. The molecule has 1 heterocycles. The summed E-state index contributed by atoms with van der Waals surface area (Å²) in [5, 5.41) is 87.3. The highest BCUT2D eigenvalue weighted by Crippen LogP contribution is 2.53. The van der Waals surface area contributed by atoms with Crippen molar-refractivity contribution in [1.82, 2.24) is 16.0 Å². The number of phosphoric ester groups is 1. The minimum absolute atomic E-state index is 0.00265. The maximum Gasteiger partial charge on any atom is 0.471 e. The molecule has 0 aromatic rings. The number of thiol groups is 1. The molecule has 18 atom stereocenters. The fourth-order valence-corrected chi connectivity index (χ4v) is 13.0. The number of unbranched alkanes of at least 4 members (excludes halogenated alkanes) is 4. The summed E-state index contributed by atoms with van der Waals surface area (Å²) >= 11 is 14.5. The average molecular weight is 1610 g/mol. The zero-order valence-corrected chi connectivity index (χ0v) is 64.8. The van der Waals surface area contributed by atoms with Crippen LogP contribution in [0.5, 0.6) is 0 Å². The number of phosphoric acid groups is 1. The second-order valence-corrected chi connectivity index (χ2v) is 33.6. The summed E-state index contributed by atoms with van der Waals surface area (Å²) in [7, 11) is -3.17. The Bertz CT molecular complexity index is 2310. The molecule has 1 rings (SSSR count). The number of aliphatic hydroxyl groups is 8. The summed E-state index contributed by atoms with van der Waals surface area (Å²) in [4.78, 5) is 66.5. The number of carbonyl (C=O) groups excluding carboxylic acids is 3. The molecule has 101 heavy (non-hydrogen) atoms. The first kappa shape index (κ1) is 98.4. The third-order valence-electron chi connectivity index (χ3n) is 14.2. The number of rotatable bonds is 66. The highest BCUT2D eigenvalue weighted by atomic mass is 32.7. The van der Waals surface area contributed by atoms with Gasteiger partial charge in [0.1, 0.15) is 42.5 Å². The molecule has 1 fully saturated rings. The van der Waals surface area contributed by atoms with Crippen LogP contribution < -0.4 is 16.0 Å². The molecule has 3 amide bonds. The molecule has 0 bridgehead atoms. The number of nitrogens with one attached hydrogen (secondary N) is 3. The van der Waals surface area contributed by atoms with Gasteiger partial charge in [0.2, 0.25) is 17.7 Å². The van der Waals surface area contributed by atoms with Gasteiger partial charge in [-0.1, -0.05) is 12.2 Å². The van der Waals surface area contributed by atoms with Crippen molar-refractivity contribution in [2.45, 2.75) is 192 Å². The topological polar surface area (TPSA) is 510 Å². The number of ether oxygens (including phenoxy) is 10. The Hall–Kier alpha value is -0.640. The van der Waals surface area contributed by atoms with E-state index in [1.165, 1.54) is 34.6 Å². The monoisotopic (exact) mass is 1610 g/mol. The maximum absolute atomic E-state index is 13.1. The average Bonchev–Trinajstić information content (AvgIpc) is 0.812. The third kappa shape index (κ3) is 47.1. The summed E-state index contributed by atoms with van der Waals surface area (Å²) in [5.41, 5.74) is -1.05. The predicted octanol–water partition coefficient (Wildman–Crippen LogP) is 0.849. The van der Waals surface area contributed by atoms with Crippen molar-refractivity contribution in [3.8, 4) is 0 Å². The second kappa shape index (κ2) is 55.7. The van der Waals surface area contributed by atoms with Crippen LogP contribution in [-0.4, -0.2) is 305 Å². The van der Waals surface area contributed by atoms with Crippen molar-refractivity contribution >= 4 is 81.6 Å². The lowest BCUT2D eigenvalue weighted by molar-refractivity contribution is -0.260. The standard InChI is InChI=1S/C57H115N3O34P4S3/c1-41(65)49(35-63)93-54(47(33-61)58-44(4)67)82-23-9-13-27-86-96(74,99)89-30-16-20-79-38-57(37-78-19-8-12-26-85-95(72,73)77-7,40-81-22-18-32-91-98(76,101)88-29-15-11-25-84-56-51(60-46(6)69)53(71)52(70)43(3)92-56)39-80-21-17-31-90-97(75,100)87-28-14-10-24-83-55(48(34-62)59-45(5)68)94-50(36-64)42(2)66/h41-43,47-56,61-66,70-71H,8-40H2,1-7H3,(H,58,67)(H,59,68)(H,60,69)(H,72,73)(H,74,99)(H,75,100)(H,76,101)/t41-,42+,43?,47-,48-,49?,50?,51?,52?,53?,54?,55?,56?,57?,96?,97?,98?/m0/s1. The number of hydrogen-bond donors (Lipinski definition) is 15. The normalized spacial score (nSPS) is 22.0. The molecular formula is C57H115N3O34P4S3. The lowest BCUT2D eigenvalue weighted by atomic mass is 9.92. The van der Waals surface area contributed by atoms with Crippen LogP contribution in [0.25, 0.3) is 0 Å². The fraction of sp³-hybridized carbons (Fsp3) is 0.947. The SMILES string of the molecule is COP(=O)(O)OCCCCOCC(COCCCOP(=O)(S)OCCCCOC(OC(CO)[C@H](C)O)[C@H](CO)NC(C)=O)(COCCCOP(O)(=S)OCCCCOC1OC(C)C(O)C(O)C1NC(C)=O)COCCCOP(O)(=S)OCCCCOC(OC(CO)[C@@H](C)O)[C@H](CO)NC(C)=O. The Morgan fingerprint density at radius 1 is 0.515 bits per heavy atom. The molecule has 14 N–H and O–H groups in total. The lowest BCUT2D eigenvalue weighted by Gasteiger charge is -2.41. The molecular weight excluding hydrogens is 1490 g/mol. The first-order valence-electron chi connectivity index (χ1n) is 33.2. The van der Waals surface area contributed by atoms with Crippen LogP contribution in [0.3, 0.4) is 0 Å². The van der Waals surface area contributed by atoms with E-state index in [1.54, 1.807) is 6.92 Å². The van der Waals surface area contributed by atoms with Crippen LogP contribution in [0.15, 0.2) is 0 Å². The largest absolute Gasteiger partial charge is 0.471 e. The van der Waals surface area contributed by atoms with E-state index in [1.807, 2.05) is 0 Å². The van der Waals surface area contributed by atoms with Crippen LogP contribution >= 0.6 is 40.3 Å². The van der Waals surface area contributed by atoms with Crippen molar-refractivity contribution < 1.29 is 163 Å². The molecule has 37 nitrogen and oxygen atoms in total. The number of amides is 3. The van der Waals surface area contributed by atoms with Gasteiger partial charge in [0.15, 0.2) is 18.9 Å². The van der Waals surface area contributed by atoms with E-state index in [-0.39, 0.29) is 138 Å². The maximum atomic E-state index is 13.1. The quantitative estimate of drug-likeness (QED) is 0.0174. The Balaban J connectivity index is 3.07. The molecule has 0 aliphatic carbocycles. The second-order valence-electron chi connectivity index (χ2n) is 23.4. The number of aliphatic hydroxyl groups excluding tert-OH is 8. The summed E-state index contributed by atoms with van der Waals surface area (Å²) in [6.45, 7) is -5.69. The molecule has 1 aliphatic heterocycles. The molecule has 0 radical (unpaired) electrons. The molecule has 0 spiro atoms. The zero-order chi connectivity index (χ0) is 75.9. The minimum atomic E-state index is -4.21. The van der Waals surface area contributed by atoms with Crippen molar-refractivity contribution in [2.24, 2.45) is 5.41 Å². The van der Waals surface area contributed by atoms with Crippen molar-refractivity contribution in [1.29, 1.82) is 0 Å². The summed E-state index contributed by atoms with van der Waals surface area (Å²) in [6.07, 6.45) is -7.80. The van der Waals surface area contributed by atoms with Gasteiger partial charge < -0.3 is 146 Å². The van der Waals surface area contributed by atoms with Crippen molar-refractivity contribution in [2.75, 3.05) is 152 Å². The summed E-state index contributed by atoms with van der Waals surface area (Å²) < 4.78 is 126. The lowest BCUT2D eigenvalue weighted by Crippen LogP contribution is -2.63. The zero-order valence-electron chi connectivity index (χ0n) is 58.7. The Kier molecular flexibility index (Phi) is 54.3. The van der Waals surface area contributed by atoms with E-state index in [4.69, 9.17) is 103 Å². The van der Waals surface area contributed by atoms with Gasteiger partial charge in [0.25, 0.3) is 0 Å². The molecule has 1 saturated heterocycles. The first-order chi connectivity index (χ1) is 47.7. The predicted molar refractivity (Wildman–Crippen MR) is 371 cm³/mol. The highest BCUT2D eigenvalue weighted by molar-refractivity contribution is 8.44. The Morgan fingerprint density at radius 2 is 0.861 bits per heavy atom. The van der Waals surface area contributed by atoms with Gasteiger partial charge in [0.05, 0.1) is 123 Å². The van der Waals surface area contributed by atoms with Gasteiger partial charge in [-0.3, -0.25) is 23.4 Å². The number of carbonyl (C=O) groups is 3. The molecule has 0 aromatic heterocycles. The van der Waals surface area contributed by atoms with Crippen LogP contribution in [0.1, 0.15) is 112 Å². The Labute approximate surface area is 607 Å². The van der Waals surface area contributed by atoms with Crippen LogP contribution in [-0.2, 0) is 131 Å². The minimum Gasteiger partial charge on any atom is -0.394 e. The van der Waals surface area contributed by atoms with Crippen molar-refractivity contribution in [3.05, 3.63) is 0 Å². The van der Waals surface area contributed by atoms with Gasteiger partial charge in [-0.15, -0.1) is 0 Å². The number of hydrogen-bond acceptors (Lipinski definition) is 33. The third-order valence-corrected chi connectivity index (χ3v) is 20.2. The van der Waals surface area contributed by atoms with Gasteiger partial charge in [-0.2, -0.15) is 0 Å². The summed E-state index contributed by atoms with van der Waals surface area (Å²) in [6, 6.07) is -3.04. The van der Waals surface area contributed by atoms with E-state index in [2.05, 4.69) is 32.7 Å². The highest BCUT2D eigenvalue weighted by Gasteiger charge is 2.44. The molecule has 0 saturated carbocycles. The molecule has 0 aromatic carbocycles. The van der Waals surface area contributed by atoms with Gasteiger partial charge >= 0.3 is 28.1 Å². The Morgan fingerprint density at radius 3 is 1.23 bits per heavy atom. The van der Waals surface area contributed by atoms with E-state index >= 15 is 0 Å². The first-order valence-corrected chi connectivity index (χ1v) is 42.6. The van der Waals surface area contributed by atoms with E-state index in [9.17, 15) is 79.0 Å². The van der Waals surface area contributed by atoms with Crippen LogP contribution in [0, 0.1) is 5.41 Å². The fourth-order valence-electron chi connectivity index (χ4n) is 8.77. The van der Waals surface area contributed by atoms with Crippen LogP contribution in [0.4, 0.5) is 0 Å².